The molecule has 30 heavy (non-hydrogen) atoms. The Morgan fingerprint density at radius 1 is 1.23 bits per heavy atom. The van der Waals surface area contributed by atoms with Crippen molar-refractivity contribution in [3.8, 4) is 5.75 Å². The molecule has 1 aliphatic heterocycles. The molecule has 0 bridgehead atoms. The summed E-state index contributed by atoms with van der Waals surface area (Å²) in [6.45, 7) is 0.887. The molecule has 1 aromatic heterocycles. The van der Waals surface area contributed by atoms with Crippen LogP contribution >= 0.6 is 0 Å². The van der Waals surface area contributed by atoms with Crippen molar-refractivity contribution in [3.05, 3.63) is 47.0 Å². The molecule has 1 aliphatic rings. The van der Waals surface area contributed by atoms with Gasteiger partial charge in [-0.25, -0.2) is 14.4 Å². The minimum atomic E-state index is -0.579. The molecule has 0 saturated carbocycles. The molecule has 160 valence electrons. The number of likely N-dealkylation sites (tertiary alicyclic amines) is 1. The van der Waals surface area contributed by atoms with Gasteiger partial charge in [0.05, 0.1) is 18.4 Å². The van der Waals surface area contributed by atoms with Gasteiger partial charge in [0.15, 0.2) is 11.6 Å². The highest BCUT2D eigenvalue weighted by Gasteiger charge is 2.32. The highest BCUT2D eigenvalue weighted by atomic mass is 19.1. The van der Waals surface area contributed by atoms with Gasteiger partial charge in [0, 0.05) is 59.0 Å². The number of benzene rings is 1. The van der Waals surface area contributed by atoms with Crippen LogP contribution < -0.4 is 9.64 Å². The molecular weight excluding hydrogens is 389 g/mol. The maximum atomic E-state index is 14.0. The Bertz CT molecular complexity index is 964. The van der Waals surface area contributed by atoms with Crippen LogP contribution in [0, 0.1) is 5.82 Å². The number of ether oxygens (including phenoxy) is 1. The van der Waals surface area contributed by atoms with Gasteiger partial charge in [-0.3, -0.25) is 9.59 Å². The van der Waals surface area contributed by atoms with Crippen LogP contribution in [0.1, 0.15) is 38.7 Å². The number of halogens is 1. The second kappa shape index (κ2) is 8.64. The summed E-state index contributed by atoms with van der Waals surface area (Å²) in [6, 6.07) is 4.18. The molecule has 1 unspecified atom stereocenters. The van der Waals surface area contributed by atoms with Crippen LogP contribution in [-0.2, 0) is 0 Å². The highest BCUT2D eigenvalue weighted by Crippen LogP contribution is 2.31. The molecule has 0 radical (unpaired) electrons. The van der Waals surface area contributed by atoms with Crippen LogP contribution in [0.2, 0.25) is 0 Å². The second-order valence-corrected chi connectivity index (χ2v) is 7.65. The average molecular weight is 415 g/mol. The van der Waals surface area contributed by atoms with Gasteiger partial charge in [-0.1, -0.05) is 0 Å². The van der Waals surface area contributed by atoms with Gasteiger partial charge in [-0.2, -0.15) is 0 Å². The molecule has 0 spiro atoms. The summed E-state index contributed by atoms with van der Waals surface area (Å²) in [5.41, 5.74) is 1.32. The number of hydrogen-bond acceptors (Lipinski definition) is 6. The van der Waals surface area contributed by atoms with Crippen molar-refractivity contribution in [1.29, 1.82) is 0 Å². The number of amides is 2. The van der Waals surface area contributed by atoms with Crippen molar-refractivity contribution in [1.82, 2.24) is 19.8 Å². The number of anilines is 1. The van der Waals surface area contributed by atoms with Crippen molar-refractivity contribution in [2.45, 2.75) is 12.3 Å². The van der Waals surface area contributed by atoms with Crippen molar-refractivity contribution < 1.29 is 18.7 Å². The number of carbonyl (C=O) groups is 2. The summed E-state index contributed by atoms with van der Waals surface area (Å²) >= 11 is 0. The summed E-state index contributed by atoms with van der Waals surface area (Å²) < 4.78 is 18.9. The molecule has 2 aromatic rings. The third-order valence-corrected chi connectivity index (χ3v) is 5.10. The number of carbonyl (C=O) groups excluding carboxylic acids is 2. The Morgan fingerprint density at radius 3 is 2.57 bits per heavy atom. The van der Waals surface area contributed by atoms with Crippen molar-refractivity contribution in [3.63, 3.8) is 0 Å². The Labute approximate surface area is 175 Å². The highest BCUT2D eigenvalue weighted by molar-refractivity contribution is 5.96. The third-order valence-electron chi connectivity index (χ3n) is 5.10. The predicted molar refractivity (Wildman–Crippen MR) is 111 cm³/mol. The first-order chi connectivity index (χ1) is 14.2. The zero-order valence-electron chi connectivity index (χ0n) is 17.8. The van der Waals surface area contributed by atoms with Crippen molar-refractivity contribution in [2.24, 2.45) is 0 Å². The first-order valence-corrected chi connectivity index (χ1v) is 9.61. The van der Waals surface area contributed by atoms with Crippen LogP contribution in [0.5, 0.6) is 5.75 Å². The summed E-state index contributed by atoms with van der Waals surface area (Å²) in [5, 5.41) is 0. The Morgan fingerprint density at radius 2 is 1.97 bits per heavy atom. The minimum Gasteiger partial charge on any atom is -0.494 e. The van der Waals surface area contributed by atoms with Gasteiger partial charge in [0.25, 0.3) is 11.8 Å². The van der Waals surface area contributed by atoms with Crippen LogP contribution in [-0.4, -0.2) is 80.0 Å². The zero-order valence-corrected chi connectivity index (χ0v) is 17.8. The quantitative estimate of drug-likeness (QED) is 0.744. The molecule has 0 aliphatic carbocycles. The summed E-state index contributed by atoms with van der Waals surface area (Å²) in [4.78, 5) is 39.3. The Kier molecular flexibility index (Phi) is 6.19. The minimum absolute atomic E-state index is 0.0925. The fourth-order valence-corrected chi connectivity index (χ4v) is 3.47. The molecule has 3 rings (SSSR count). The lowest BCUT2D eigenvalue weighted by molar-refractivity contribution is 0.0790. The molecule has 9 heteroatoms. The fourth-order valence-electron chi connectivity index (χ4n) is 3.47. The normalized spacial score (nSPS) is 15.8. The summed E-state index contributed by atoms with van der Waals surface area (Å²) in [6.07, 6.45) is 2.20. The third kappa shape index (κ3) is 4.19. The Balaban J connectivity index is 1.86. The SMILES string of the molecule is COc1ccc(C(=O)N2CCC(c3nc(N(C)C)ncc3C(=O)N(C)C)C2)cc1F. The van der Waals surface area contributed by atoms with E-state index in [4.69, 9.17) is 4.74 Å². The topological polar surface area (TPSA) is 78.9 Å². The molecule has 1 saturated heterocycles. The molecule has 1 fully saturated rings. The van der Waals surface area contributed by atoms with Crippen molar-refractivity contribution >= 4 is 17.8 Å². The number of aromatic nitrogens is 2. The van der Waals surface area contributed by atoms with E-state index in [2.05, 4.69) is 9.97 Å². The lowest BCUT2D eigenvalue weighted by atomic mass is 9.99. The number of hydrogen-bond donors (Lipinski definition) is 0. The smallest absolute Gasteiger partial charge is 0.256 e. The molecule has 1 atom stereocenters. The predicted octanol–water partition coefficient (Wildman–Crippen LogP) is 2.02. The van der Waals surface area contributed by atoms with E-state index < -0.39 is 5.82 Å². The molecule has 2 amide bonds. The van der Waals surface area contributed by atoms with Gasteiger partial charge in [0.2, 0.25) is 5.95 Å². The zero-order chi connectivity index (χ0) is 22.0. The van der Waals surface area contributed by atoms with E-state index in [-0.39, 0.29) is 29.0 Å². The molecule has 8 nitrogen and oxygen atoms in total. The van der Waals surface area contributed by atoms with E-state index in [0.717, 1.165) is 0 Å². The maximum Gasteiger partial charge on any atom is 0.256 e. The molecule has 0 N–H and O–H groups in total. The van der Waals surface area contributed by atoms with E-state index in [1.165, 1.54) is 24.1 Å². The fraction of sp³-hybridized carbons (Fsp3) is 0.429. The van der Waals surface area contributed by atoms with E-state index >= 15 is 0 Å². The molecule has 2 heterocycles. The Hall–Kier alpha value is -3.23. The van der Waals surface area contributed by atoms with Gasteiger partial charge < -0.3 is 19.4 Å². The summed E-state index contributed by atoms with van der Waals surface area (Å²) in [7, 11) is 8.38. The first kappa shape index (κ1) is 21.5. The van der Waals surface area contributed by atoms with Crippen LogP contribution in [0.3, 0.4) is 0 Å². The van der Waals surface area contributed by atoms with E-state index in [1.54, 1.807) is 36.2 Å². The van der Waals surface area contributed by atoms with Crippen LogP contribution in [0.25, 0.3) is 0 Å². The largest absolute Gasteiger partial charge is 0.494 e. The average Bonchev–Trinajstić information content (AvgIpc) is 3.22. The van der Waals surface area contributed by atoms with Gasteiger partial charge in [0.1, 0.15) is 0 Å². The van der Waals surface area contributed by atoms with Gasteiger partial charge in [-0.05, 0) is 24.6 Å². The molecule has 1 aromatic carbocycles. The number of methoxy groups -OCH3 is 1. The van der Waals surface area contributed by atoms with Crippen molar-refractivity contribution in [2.75, 3.05) is 53.3 Å². The number of rotatable bonds is 5. The lowest BCUT2D eigenvalue weighted by Crippen LogP contribution is -2.29. The maximum absolute atomic E-state index is 14.0. The summed E-state index contributed by atoms with van der Waals surface area (Å²) in [5.74, 6) is -0.544. The van der Waals surface area contributed by atoms with E-state index in [9.17, 15) is 14.0 Å². The van der Waals surface area contributed by atoms with Gasteiger partial charge >= 0.3 is 0 Å². The van der Waals surface area contributed by atoms with Crippen LogP contribution in [0.4, 0.5) is 10.3 Å². The monoisotopic (exact) mass is 415 g/mol. The van der Waals surface area contributed by atoms with E-state index in [1.807, 2.05) is 14.1 Å². The van der Waals surface area contributed by atoms with E-state index in [0.29, 0.717) is 36.7 Å². The van der Waals surface area contributed by atoms with Gasteiger partial charge in [-0.15, -0.1) is 0 Å². The first-order valence-electron chi connectivity index (χ1n) is 9.61. The number of nitrogens with zero attached hydrogens (tertiary/aromatic N) is 5. The standard InChI is InChI=1S/C21H26FN5O3/c1-25(2)20(29)15-11-23-21(26(3)4)24-18(15)14-8-9-27(12-14)19(28)13-6-7-17(30-5)16(22)10-13/h6-7,10-11,14H,8-9,12H2,1-5H3. The lowest BCUT2D eigenvalue weighted by Gasteiger charge is -2.20. The molecular formula is C21H26FN5O3. The van der Waals surface area contributed by atoms with Crippen LogP contribution in [0.15, 0.2) is 24.4 Å². The second-order valence-electron chi connectivity index (χ2n) is 7.65.